The Hall–Kier alpha value is -1.16. The number of allylic oxidation sites excluding steroid dienone is 1. The summed E-state index contributed by atoms with van der Waals surface area (Å²) in [7, 11) is 0. The number of fused-ring (bicyclic) bond motifs is 1. The first kappa shape index (κ1) is 12.9. The Kier molecular flexibility index (Phi) is 3.69. The predicted molar refractivity (Wildman–Crippen MR) is 75.6 cm³/mol. The fourth-order valence-electron chi connectivity index (χ4n) is 3.49. The van der Waals surface area contributed by atoms with Crippen LogP contribution in [0.25, 0.3) is 0 Å². The summed E-state index contributed by atoms with van der Waals surface area (Å²) in [4.78, 5) is 4.41. The third-order valence-corrected chi connectivity index (χ3v) is 4.76. The lowest BCUT2D eigenvalue weighted by Gasteiger charge is -2.31. The second kappa shape index (κ2) is 5.45. The Balaban J connectivity index is 1.64. The van der Waals surface area contributed by atoms with Gasteiger partial charge in [0.05, 0.1) is 6.04 Å². The van der Waals surface area contributed by atoms with E-state index in [0.29, 0.717) is 12.0 Å². The van der Waals surface area contributed by atoms with Crippen molar-refractivity contribution < 1.29 is 0 Å². The standard InChI is InChI=1S/C15H24N4/c1-11-5-3-6-12(2)13(11)9-16-14-7-4-8-19-15(14)17-10-18-19/h5,10,12-14,16H,3-4,6-9H2,1-2H3/t12-,13-,14-/m0/s1. The van der Waals surface area contributed by atoms with Crippen molar-refractivity contribution in [2.75, 3.05) is 6.54 Å². The van der Waals surface area contributed by atoms with E-state index in [0.717, 1.165) is 24.8 Å². The number of nitrogens with one attached hydrogen (secondary N) is 1. The molecule has 2 heterocycles. The maximum absolute atomic E-state index is 4.41. The molecule has 1 aliphatic carbocycles. The lowest BCUT2D eigenvalue weighted by atomic mass is 9.80. The fourth-order valence-corrected chi connectivity index (χ4v) is 3.49. The van der Waals surface area contributed by atoms with Crippen LogP contribution in [0.15, 0.2) is 18.0 Å². The van der Waals surface area contributed by atoms with E-state index in [1.54, 1.807) is 11.9 Å². The first-order valence-electron chi connectivity index (χ1n) is 7.53. The molecule has 4 nitrogen and oxygen atoms in total. The zero-order valence-electron chi connectivity index (χ0n) is 12.0. The minimum absolute atomic E-state index is 0.387. The molecule has 0 aromatic carbocycles. The van der Waals surface area contributed by atoms with Crippen LogP contribution in [0.4, 0.5) is 0 Å². The van der Waals surface area contributed by atoms with Gasteiger partial charge in [0.25, 0.3) is 0 Å². The molecule has 0 bridgehead atoms. The van der Waals surface area contributed by atoms with E-state index in [2.05, 4.69) is 35.3 Å². The van der Waals surface area contributed by atoms with Crippen LogP contribution in [0, 0.1) is 11.8 Å². The smallest absolute Gasteiger partial charge is 0.143 e. The Labute approximate surface area is 115 Å². The summed E-state index contributed by atoms with van der Waals surface area (Å²) in [6, 6.07) is 0.387. The SMILES string of the molecule is CC1=CCC[C@H](C)[C@H]1CN[C@H]1CCCn2ncnc21. The van der Waals surface area contributed by atoms with Gasteiger partial charge in [-0.2, -0.15) is 5.10 Å². The summed E-state index contributed by atoms with van der Waals surface area (Å²) in [6.07, 6.45) is 9.05. The van der Waals surface area contributed by atoms with E-state index in [-0.39, 0.29) is 0 Å². The molecule has 19 heavy (non-hydrogen) atoms. The van der Waals surface area contributed by atoms with E-state index in [9.17, 15) is 0 Å². The van der Waals surface area contributed by atoms with Gasteiger partial charge in [0.1, 0.15) is 12.2 Å². The zero-order valence-corrected chi connectivity index (χ0v) is 12.0. The summed E-state index contributed by atoms with van der Waals surface area (Å²) in [6.45, 7) is 6.75. The van der Waals surface area contributed by atoms with E-state index >= 15 is 0 Å². The second-order valence-electron chi connectivity index (χ2n) is 6.05. The average molecular weight is 260 g/mol. The highest BCUT2D eigenvalue weighted by atomic mass is 15.3. The normalized spacial score (nSPS) is 30.8. The van der Waals surface area contributed by atoms with Gasteiger partial charge in [-0.15, -0.1) is 0 Å². The third-order valence-electron chi connectivity index (χ3n) is 4.76. The largest absolute Gasteiger partial charge is 0.307 e. The predicted octanol–water partition coefficient (Wildman–Crippen LogP) is 2.70. The molecule has 0 saturated carbocycles. The van der Waals surface area contributed by atoms with Crippen LogP contribution in [-0.2, 0) is 6.54 Å². The van der Waals surface area contributed by atoms with E-state index in [1.807, 2.05) is 4.68 Å². The molecule has 3 atom stereocenters. The first-order valence-corrected chi connectivity index (χ1v) is 7.53. The van der Waals surface area contributed by atoms with E-state index in [1.165, 1.54) is 25.7 Å². The van der Waals surface area contributed by atoms with Crippen LogP contribution in [-0.4, -0.2) is 21.3 Å². The molecular weight excluding hydrogens is 236 g/mol. The lowest BCUT2D eigenvalue weighted by Crippen LogP contribution is -2.35. The molecule has 0 saturated heterocycles. The van der Waals surface area contributed by atoms with Crippen LogP contribution in [0.2, 0.25) is 0 Å². The van der Waals surface area contributed by atoms with Gasteiger partial charge in [0, 0.05) is 13.1 Å². The van der Waals surface area contributed by atoms with Gasteiger partial charge in [-0.25, -0.2) is 9.67 Å². The van der Waals surface area contributed by atoms with Crippen LogP contribution in [0.5, 0.6) is 0 Å². The van der Waals surface area contributed by atoms with Crippen molar-refractivity contribution >= 4 is 0 Å². The zero-order chi connectivity index (χ0) is 13.2. The maximum Gasteiger partial charge on any atom is 0.143 e. The highest BCUT2D eigenvalue weighted by molar-refractivity contribution is 5.10. The first-order chi connectivity index (χ1) is 9.25. The van der Waals surface area contributed by atoms with Crippen molar-refractivity contribution in [1.82, 2.24) is 20.1 Å². The van der Waals surface area contributed by atoms with Gasteiger partial charge in [-0.3, -0.25) is 0 Å². The fraction of sp³-hybridized carbons (Fsp3) is 0.733. The lowest BCUT2D eigenvalue weighted by molar-refractivity contribution is 0.306. The van der Waals surface area contributed by atoms with Gasteiger partial charge >= 0.3 is 0 Å². The Morgan fingerprint density at radius 3 is 3.16 bits per heavy atom. The summed E-state index contributed by atoms with van der Waals surface area (Å²) in [5.41, 5.74) is 1.56. The number of hydrogen-bond acceptors (Lipinski definition) is 3. The van der Waals surface area contributed by atoms with E-state index in [4.69, 9.17) is 0 Å². The summed E-state index contributed by atoms with van der Waals surface area (Å²) in [5.74, 6) is 2.60. The minimum atomic E-state index is 0.387. The molecule has 2 aliphatic rings. The van der Waals surface area contributed by atoms with Gasteiger partial charge in [-0.1, -0.05) is 18.6 Å². The molecule has 0 unspecified atom stereocenters. The molecule has 1 aromatic rings. The molecule has 0 radical (unpaired) electrons. The number of nitrogens with zero attached hydrogens (tertiary/aromatic N) is 3. The highest BCUT2D eigenvalue weighted by Gasteiger charge is 2.26. The monoisotopic (exact) mass is 260 g/mol. The van der Waals surface area contributed by atoms with Gasteiger partial charge in [-0.05, 0) is 44.4 Å². The molecule has 1 aliphatic heterocycles. The third kappa shape index (κ3) is 2.59. The number of aromatic nitrogens is 3. The highest BCUT2D eigenvalue weighted by Crippen LogP contribution is 2.30. The van der Waals surface area contributed by atoms with Crippen LogP contribution < -0.4 is 5.32 Å². The Morgan fingerprint density at radius 2 is 2.32 bits per heavy atom. The Bertz CT molecular complexity index is 462. The molecule has 3 rings (SSSR count). The van der Waals surface area contributed by atoms with Crippen molar-refractivity contribution in [3.63, 3.8) is 0 Å². The van der Waals surface area contributed by atoms with Crippen LogP contribution >= 0.6 is 0 Å². The quantitative estimate of drug-likeness (QED) is 0.850. The summed E-state index contributed by atoms with van der Waals surface area (Å²) < 4.78 is 2.05. The van der Waals surface area contributed by atoms with Crippen molar-refractivity contribution in [3.05, 3.63) is 23.8 Å². The number of aryl methyl sites for hydroxylation is 1. The average Bonchev–Trinajstić information content (AvgIpc) is 2.87. The van der Waals surface area contributed by atoms with Crippen LogP contribution in [0.3, 0.4) is 0 Å². The Morgan fingerprint density at radius 1 is 1.42 bits per heavy atom. The van der Waals surface area contributed by atoms with Crippen molar-refractivity contribution in [1.29, 1.82) is 0 Å². The van der Waals surface area contributed by atoms with Gasteiger partial charge in [0.15, 0.2) is 0 Å². The van der Waals surface area contributed by atoms with Gasteiger partial charge < -0.3 is 5.32 Å². The maximum atomic E-state index is 4.41. The number of rotatable bonds is 3. The van der Waals surface area contributed by atoms with Crippen molar-refractivity contribution in [3.8, 4) is 0 Å². The molecule has 0 amide bonds. The molecule has 1 aromatic heterocycles. The minimum Gasteiger partial charge on any atom is -0.307 e. The molecule has 1 N–H and O–H groups in total. The molecule has 0 spiro atoms. The number of hydrogen-bond donors (Lipinski definition) is 1. The van der Waals surface area contributed by atoms with Crippen molar-refractivity contribution in [2.45, 2.75) is 52.1 Å². The molecule has 4 heteroatoms. The summed E-state index contributed by atoms with van der Waals surface area (Å²) >= 11 is 0. The molecular formula is C15H24N4. The van der Waals surface area contributed by atoms with E-state index < -0.39 is 0 Å². The topological polar surface area (TPSA) is 42.7 Å². The summed E-state index contributed by atoms with van der Waals surface area (Å²) in [5, 5.41) is 8.02. The molecule has 0 fully saturated rings. The van der Waals surface area contributed by atoms with Gasteiger partial charge in [0.2, 0.25) is 0 Å². The van der Waals surface area contributed by atoms with Crippen LogP contribution in [0.1, 0.15) is 51.4 Å². The second-order valence-corrected chi connectivity index (χ2v) is 6.05. The van der Waals surface area contributed by atoms with Crippen molar-refractivity contribution in [2.24, 2.45) is 11.8 Å². The molecule has 104 valence electrons.